The second kappa shape index (κ2) is 5.80. The van der Waals surface area contributed by atoms with Crippen LogP contribution in [-0.2, 0) is 4.79 Å². The van der Waals surface area contributed by atoms with Gasteiger partial charge < -0.3 is 14.4 Å². The third kappa shape index (κ3) is 2.62. The van der Waals surface area contributed by atoms with Gasteiger partial charge in [0.2, 0.25) is 0 Å². The van der Waals surface area contributed by atoms with Crippen LogP contribution in [0.3, 0.4) is 0 Å². The normalized spacial score (nSPS) is 21.6. The van der Waals surface area contributed by atoms with Gasteiger partial charge in [0, 0.05) is 36.3 Å². The van der Waals surface area contributed by atoms with Gasteiger partial charge in [-0.05, 0) is 37.5 Å². The van der Waals surface area contributed by atoms with Crippen LogP contribution < -0.4 is 9.47 Å². The molecule has 4 nitrogen and oxygen atoms in total. The quantitative estimate of drug-likeness (QED) is 0.857. The number of ether oxygens (including phenoxy) is 2. The van der Waals surface area contributed by atoms with E-state index in [1.807, 2.05) is 18.2 Å². The average Bonchev–Trinajstić information content (AvgIpc) is 2.53. The fourth-order valence-electron chi connectivity index (χ4n) is 3.30. The minimum atomic E-state index is 0.225. The van der Waals surface area contributed by atoms with E-state index in [9.17, 15) is 4.79 Å². The first kappa shape index (κ1) is 14.0. The maximum atomic E-state index is 12.0. The number of hydrogen-bond acceptors (Lipinski definition) is 4. The molecular formula is C17H21NO3. The molecule has 1 fully saturated rings. The molecule has 0 aliphatic carbocycles. The van der Waals surface area contributed by atoms with Crippen molar-refractivity contribution >= 4 is 11.5 Å². The van der Waals surface area contributed by atoms with Crippen molar-refractivity contribution in [1.29, 1.82) is 0 Å². The Morgan fingerprint density at radius 2 is 1.95 bits per heavy atom. The van der Waals surface area contributed by atoms with Crippen molar-refractivity contribution in [3.8, 4) is 11.5 Å². The molecule has 4 heteroatoms. The van der Waals surface area contributed by atoms with Gasteiger partial charge in [-0.15, -0.1) is 0 Å². The highest BCUT2D eigenvalue weighted by Gasteiger charge is 2.30. The fourth-order valence-corrected chi connectivity index (χ4v) is 3.30. The third-order valence-corrected chi connectivity index (χ3v) is 4.35. The van der Waals surface area contributed by atoms with Gasteiger partial charge in [-0.1, -0.05) is 0 Å². The zero-order valence-corrected chi connectivity index (χ0v) is 12.6. The number of rotatable bonds is 3. The van der Waals surface area contributed by atoms with Crippen LogP contribution in [0, 0.1) is 0 Å². The Labute approximate surface area is 125 Å². The van der Waals surface area contributed by atoms with Gasteiger partial charge in [-0.25, -0.2) is 0 Å². The topological polar surface area (TPSA) is 38.8 Å². The molecule has 0 unspecified atom stereocenters. The summed E-state index contributed by atoms with van der Waals surface area (Å²) in [6.45, 7) is 1.03. The number of hydrogen-bond donors (Lipinski definition) is 0. The van der Waals surface area contributed by atoms with Gasteiger partial charge in [0.15, 0.2) is 17.3 Å². The lowest BCUT2D eigenvalue weighted by Crippen LogP contribution is -2.42. The van der Waals surface area contributed by atoms with E-state index in [4.69, 9.17) is 9.47 Å². The van der Waals surface area contributed by atoms with E-state index in [0.717, 1.165) is 24.2 Å². The molecule has 1 saturated heterocycles. The zero-order chi connectivity index (χ0) is 14.8. The highest BCUT2D eigenvalue weighted by molar-refractivity contribution is 5.98. The van der Waals surface area contributed by atoms with Crippen molar-refractivity contribution < 1.29 is 14.3 Å². The van der Waals surface area contributed by atoms with Crippen LogP contribution in [0.25, 0.3) is 5.70 Å². The van der Waals surface area contributed by atoms with E-state index in [2.05, 4.69) is 4.90 Å². The van der Waals surface area contributed by atoms with Gasteiger partial charge in [-0.3, -0.25) is 4.79 Å². The number of benzene rings is 1. The number of fused-ring (bicyclic) bond motifs is 1. The van der Waals surface area contributed by atoms with Gasteiger partial charge in [-0.2, -0.15) is 0 Å². The summed E-state index contributed by atoms with van der Waals surface area (Å²) in [6.07, 6.45) is 5.94. The standard InChI is InChI=1S/C17H21NO3/c1-20-16-7-6-12(9-17(16)21-2)15-11-14(19)10-13-5-3-4-8-18(13)15/h6-7,9,11,13H,3-5,8,10H2,1-2H3/t13-/m1/s1. The molecule has 2 aliphatic rings. The third-order valence-electron chi connectivity index (χ3n) is 4.35. The van der Waals surface area contributed by atoms with E-state index < -0.39 is 0 Å². The Kier molecular flexibility index (Phi) is 3.86. The lowest BCUT2D eigenvalue weighted by atomic mass is 9.91. The fraction of sp³-hybridized carbons (Fsp3) is 0.471. The Hall–Kier alpha value is -1.97. The van der Waals surface area contributed by atoms with E-state index in [1.165, 1.54) is 12.8 Å². The first-order chi connectivity index (χ1) is 10.2. The molecule has 0 aromatic heterocycles. The number of piperidine rings is 1. The summed E-state index contributed by atoms with van der Waals surface area (Å²) in [5.74, 6) is 1.63. The summed E-state index contributed by atoms with van der Waals surface area (Å²) in [5.41, 5.74) is 2.05. The monoisotopic (exact) mass is 287 g/mol. The van der Waals surface area contributed by atoms with Crippen molar-refractivity contribution in [3.63, 3.8) is 0 Å². The van der Waals surface area contributed by atoms with Crippen molar-refractivity contribution in [2.45, 2.75) is 31.7 Å². The Morgan fingerprint density at radius 1 is 1.14 bits per heavy atom. The first-order valence-electron chi connectivity index (χ1n) is 7.46. The Balaban J connectivity index is 1.99. The van der Waals surface area contributed by atoms with Crippen LogP contribution in [0.1, 0.15) is 31.2 Å². The van der Waals surface area contributed by atoms with Crippen LogP contribution in [0.15, 0.2) is 24.3 Å². The molecule has 1 aromatic carbocycles. The van der Waals surface area contributed by atoms with Gasteiger partial charge >= 0.3 is 0 Å². The highest BCUT2D eigenvalue weighted by Crippen LogP contribution is 2.36. The smallest absolute Gasteiger partial charge is 0.161 e. The van der Waals surface area contributed by atoms with E-state index in [-0.39, 0.29) is 5.78 Å². The second-order valence-electron chi connectivity index (χ2n) is 5.61. The van der Waals surface area contributed by atoms with E-state index in [1.54, 1.807) is 20.3 Å². The van der Waals surface area contributed by atoms with Crippen molar-refractivity contribution in [3.05, 3.63) is 29.8 Å². The van der Waals surface area contributed by atoms with Gasteiger partial charge in [0.1, 0.15) is 0 Å². The van der Waals surface area contributed by atoms with Gasteiger partial charge in [0.25, 0.3) is 0 Å². The van der Waals surface area contributed by atoms with Crippen LogP contribution in [-0.4, -0.2) is 37.5 Å². The Bertz CT molecular complexity index is 579. The number of ketones is 1. The number of carbonyl (C=O) groups excluding carboxylic acids is 1. The predicted octanol–water partition coefficient (Wildman–Crippen LogP) is 2.87. The highest BCUT2D eigenvalue weighted by atomic mass is 16.5. The summed E-state index contributed by atoms with van der Waals surface area (Å²) in [7, 11) is 3.26. The zero-order valence-electron chi connectivity index (χ0n) is 12.6. The lowest BCUT2D eigenvalue weighted by molar-refractivity contribution is -0.116. The molecule has 0 amide bonds. The Morgan fingerprint density at radius 3 is 2.71 bits per heavy atom. The predicted molar refractivity (Wildman–Crippen MR) is 81.5 cm³/mol. The number of allylic oxidation sites excluding steroid dienone is 1. The molecule has 1 aromatic rings. The van der Waals surface area contributed by atoms with Crippen molar-refractivity contribution in [2.24, 2.45) is 0 Å². The van der Waals surface area contributed by atoms with E-state index >= 15 is 0 Å². The second-order valence-corrected chi connectivity index (χ2v) is 5.61. The molecule has 1 atom stereocenters. The first-order valence-corrected chi connectivity index (χ1v) is 7.46. The minimum Gasteiger partial charge on any atom is -0.493 e. The maximum absolute atomic E-state index is 12.0. The maximum Gasteiger partial charge on any atom is 0.161 e. The number of methoxy groups -OCH3 is 2. The van der Waals surface area contributed by atoms with Crippen LogP contribution in [0.5, 0.6) is 11.5 Å². The minimum absolute atomic E-state index is 0.225. The summed E-state index contributed by atoms with van der Waals surface area (Å²) >= 11 is 0. The summed E-state index contributed by atoms with van der Waals surface area (Å²) in [5, 5.41) is 0. The summed E-state index contributed by atoms with van der Waals surface area (Å²) in [6, 6.07) is 6.21. The molecule has 0 bridgehead atoms. The van der Waals surface area contributed by atoms with Crippen LogP contribution in [0.2, 0.25) is 0 Å². The molecular weight excluding hydrogens is 266 g/mol. The molecule has 0 spiro atoms. The summed E-state index contributed by atoms with van der Waals surface area (Å²) in [4.78, 5) is 14.4. The van der Waals surface area contributed by atoms with Gasteiger partial charge in [0.05, 0.1) is 14.2 Å². The van der Waals surface area contributed by atoms with Crippen molar-refractivity contribution in [2.75, 3.05) is 20.8 Å². The molecule has 0 radical (unpaired) electrons. The van der Waals surface area contributed by atoms with Crippen LogP contribution >= 0.6 is 0 Å². The average molecular weight is 287 g/mol. The molecule has 0 N–H and O–H groups in total. The molecule has 0 saturated carbocycles. The number of carbonyl (C=O) groups is 1. The molecule has 21 heavy (non-hydrogen) atoms. The lowest BCUT2D eigenvalue weighted by Gasteiger charge is -2.41. The van der Waals surface area contributed by atoms with Crippen molar-refractivity contribution in [1.82, 2.24) is 4.90 Å². The molecule has 3 rings (SSSR count). The molecule has 2 aliphatic heterocycles. The molecule has 2 heterocycles. The van der Waals surface area contributed by atoms with E-state index in [0.29, 0.717) is 24.0 Å². The largest absolute Gasteiger partial charge is 0.493 e. The SMILES string of the molecule is COc1ccc(C2=CC(=O)C[C@H]3CCCCN23)cc1OC. The molecule has 112 valence electrons. The summed E-state index contributed by atoms with van der Waals surface area (Å²) < 4.78 is 10.7. The number of nitrogens with zero attached hydrogens (tertiary/aromatic N) is 1. The van der Waals surface area contributed by atoms with Crippen LogP contribution in [0.4, 0.5) is 0 Å².